The highest BCUT2D eigenvalue weighted by atomic mass is 16.1. The molecule has 0 aromatic carbocycles. The molecule has 2 N–H and O–H groups in total. The Hall–Kier alpha value is -1.38. The zero-order chi connectivity index (χ0) is 9.42. The zero-order valence-electron chi connectivity index (χ0n) is 7.53. The molecule has 1 heterocycles. The van der Waals surface area contributed by atoms with E-state index in [2.05, 4.69) is 11.9 Å². The first kappa shape index (κ1) is 8.23. The van der Waals surface area contributed by atoms with Crippen molar-refractivity contribution in [3.05, 3.63) is 23.9 Å². The molecule has 0 amide bonds. The fraction of sp³-hybridized carbons (Fsp3) is 0.400. The van der Waals surface area contributed by atoms with Crippen LogP contribution in [0.4, 0.5) is 5.82 Å². The van der Waals surface area contributed by atoms with Crippen molar-refractivity contribution < 1.29 is 4.79 Å². The summed E-state index contributed by atoms with van der Waals surface area (Å²) in [6.07, 6.45) is 2.59. The number of nitrogen functional groups attached to an aromatic ring is 1. The van der Waals surface area contributed by atoms with Crippen LogP contribution < -0.4 is 5.73 Å². The Morgan fingerprint density at radius 3 is 2.92 bits per heavy atom. The Morgan fingerprint density at radius 1 is 1.69 bits per heavy atom. The number of anilines is 1. The number of ketones is 1. The lowest BCUT2D eigenvalue weighted by molar-refractivity contribution is 0.0963. The van der Waals surface area contributed by atoms with Gasteiger partial charge in [0.1, 0.15) is 5.82 Å². The summed E-state index contributed by atoms with van der Waals surface area (Å²) in [6.45, 7) is 2.08. The van der Waals surface area contributed by atoms with Crippen LogP contribution in [0.5, 0.6) is 0 Å². The van der Waals surface area contributed by atoms with Crippen LogP contribution in [-0.2, 0) is 0 Å². The average molecular weight is 176 g/mol. The molecule has 1 fully saturated rings. The number of Topliss-reactive ketones (excluding diaryl/α,β-unsaturated/α-hetero) is 1. The highest BCUT2D eigenvalue weighted by Crippen LogP contribution is 2.40. The van der Waals surface area contributed by atoms with E-state index in [0.717, 1.165) is 6.42 Å². The monoisotopic (exact) mass is 176 g/mol. The maximum absolute atomic E-state index is 11.7. The number of nitrogens with zero attached hydrogens (tertiary/aromatic N) is 1. The minimum atomic E-state index is 0.151. The van der Waals surface area contributed by atoms with Crippen LogP contribution in [-0.4, -0.2) is 10.8 Å². The van der Waals surface area contributed by atoms with Gasteiger partial charge in [-0.05, 0) is 24.5 Å². The molecule has 1 aromatic rings. The molecule has 1 aliphatic carbocycles. The largest absolute Gasteiger partial charge is 0.383 e. The fourth-order valence-electron chi connectivity index (χ4n) is 1.51. The number of aromatic nitrogens is 1. The van der Waals surface area contributed by atoms with Crippen molar-refractivity contribution in [2.45, 2.75) is 13.3 Å². The topological polar surface area (TPSA) is 56.0 Å². The maximum atomic E-state index is 11.7. The molecule has 3 heteroatoms. The molecule has 0 bridgehead atoms. The summed E-state index contributed by atoms with van der Waals surface area (Å²) in [5, 5.41) is 0. The number of rotatable bonds is 2. The van der Waals surface area contributed by atoms with Crippen LogP contribution in [0.15, 0.2) is 18.3 Å². The molecule has 0 saturated heterocycles. The molecule has 2 atom stereocenters. The molecule has 0 radical (unpaired) electrons. The van der Waals surface area contributed by atoms with Crippen molar-refractivity contribution in [1.29, 1.82) is 0 Å². The van der Waals surface area contributed by atoms with Gasteiger partial charge in [-0.25, -0.2) is 4.98 Å². The van der Waals surface area contributed by atoms with Gasteiger partial charge in [0.15, 0.2) is 5.78 Å². The summed E-state index contributed by atoms with van der Waals surface area (Å²) in [7, 11) is 0. The Morgan fingerprint density at radius 2 is 2.38 bits per heavy atom. The van der Waals surface area contributed by atoms with Crippen molar-refractivity contribution in [3.63, 3.8) is 0 Å². The van der Waals surface area contributed by atoms with Crippen LogP contribution in [0, 0.1) is 11.8 Å². The lowest BCUT2D eigenvalue weighted by Gasteiger charge is -2.01. The van der Waals surface area contributed by atoms with E-state index in [1.54, 1.807) is 18.3 Å². The predicted octanol–water partition coefficient (Wildman–Crippen LogP) is 1.50. The summed E-state index contributed by atoms with van der Waals surface area (Å²) >= 11 is 0. The molecule has 1 saturated carbocycles. The smallest absolute Gasteiger partial charge is 0.169 e. The van der Waals surface area contributed by atoms with Crippen LogP contribution in [0.3, 0.4) is 0 Å². The minimum Gasteiger partial charge on any atom is -0.383 e. The number of pyridine rings is 1. The molecule has 13 heavy (non-hydrogen) atoms. The first-order chi connectivity index (χ1) is 6.20. The van der Waals surface area contributed by atoms with Crippen LogP contribution >= 0.6 is 0 Å². The van der Waals surface area contributed by atoms with Gasteiger partial charge in [0.25, 0.3) is 0 Å². The molecule has 0 spiro atoms. The molecule has 1 aromatic heterocycles. The number of carbonyl (C=O) groups excluding carboxylic acids is 1. The molecule has 0 aliphatic heterocycles. The third-order valence-corrected chi connectivity index (χ3v) is 2.55. The quantitative estimate of drug-likeness (QED) is 0.695. The summed E-state index contributed by atoms with van der Waals surface area (Å²) in [5.74, 6) is 1.21. The summed E-state index contributed by atoms with van der Waals surface area (Å²) in [6, 6.07) is 3.49. The third-order valence-electron chi connectivity index (χ3n) is 2.55. The van der Waals surface area contributed by atoms with Gasteiger partial charge in [-0.3, -0.25) is 4.79 Å². The van der Waals surface area contributed by atoms with Crippen LogP contribution in [0.25, 0.3) is 0 Å². The summed E-state index contributed by atoms with van der Waals surface area (Å²) < 4.78 is 0. The van der Waals surface area contributed by atoms with E-state index in [0.29, 0.717) is 17.3 Å². The number of hydrogen-bond donors (Lipinski definition) is 1. The Bertz CT molecular complexity index is 349. The van der Waals surface area contributed by atoms with Gasteiger partial charge in [0, 0.05) is 12.1 Å². The van der Waals surface area contributed by atoms with E-state index < -0.39 is 0 Å². The van der Waals surface area contributed by atoms with Crippen molar-refractivity contribution in [3.8, 4) is 0 Å². The van der Waals surface area contributed by atoms with E-state index in [1.165, 1.54) is 0 Å². The second-order valence-electron chi connectivity index (χ2n) is 3.62. The maximum Gasteiger partial charge on any atom is 0.169 e. The molecule has 1 aliphatic rings. The van der Waals surface area contributed by atoms with E-state index in [1.807, 2.05) is 0 Å². The molecule has 3 nitrogen and oxygen atoms in total. The molecular formula is C10H12N2O. The Balaban J connectivity index is 2.25. The first-order valence-electron chi connectivity index (χ1n) is 4.45. The highest BCUT2D eigenvalue weighted by molar-refractivity contribution is 6.02. The molecule has 2 unspecified atom stereocenters. The number of carbonyl (C=O) groups is 1. The summed E-state index contributed by atoms with van der Waals surface area (Å²) in [5.41, 5.74) is 6.18. The van der Waals surface area contributed by atoms with Gasteiger partial charge in [-0.1, -0.05) is 6.92 Å². The lowest BCUT2D eigenvalue weighted by atomic mass is 10.1. The van der Waals surface area contributed by atoms with E-state index in [9.17, 15) is 4.79 Å². The van der Waals surface area contributed by atoms with Gasteiger partial charge in [-0.2, -0.15) is 0 Å². The molecule has 68 valence electrons. The van der Waals surface area contributed by atoms with Gasteiger partial charge < -0.3 is 5.73 Å². The van der Waals surface area contributed by atoms with Crippen LogP contribution in [0.1, 0.15) is 23.7 Å². The second kappa shape index (κ2) is 2.83. The molecule has 2 rings (SSSR count). The van der Waals surface area contributed by atoms with E-state index in [-0.39, 0.29) is 11.7 Å². The minimum absolute atomic E-state index is 0.151. The number of nitrogens with two attached hydrogens (primary N) is 1. The van der Waals surface area contributed by atoms with Crippen LogP contribution in [0.2, 0.25) is 0 Å². The van der Waals surface area contributed by atoms with Crippen molar-refractivity contribution in [1.82, 2.24) is 4.98 Å². The van der Waals surface area contributed by atoms with Gasteiger partial charge in [0.05, 0.1) is 5.56 Å². The van der Waals surface area contributed by atoms with E-state index in [4.69, 9.17) is 5.73 Å². The average Bonchev–Trinajstić information content (AvgIpc) is 2.82. The Labute approximate surface area is 77.0 Å². The highest BCUT2D eigenvalue weighted by Gasteiger charge is 2.39. The SMILES string of the molecule is CC1CC1C(=O)c1cccnc1N. The summed E-state index contributed by atoms with van der Waals surface area (Å²) in [4.78, 5) is 15.6. The normalized spacial score (nSPS) is 25.6. The van der Waals surface area contributed by atoms with Crippen molar-refractivity contribution in [2.24, 2.45) is 11.8 Å². The van der Waals surface area contributed by atoms with Gasteiger partial charge in [-0.15, -0.1) is 0 Å². The van der Waals surface area contributed by atoms with Gasteiger partial charge in [0.2, 0.25) is 0 Å². The predicted molar refractivity (Wildman–Crippen MR) is 50.3 cm³/mol. The second-order valence-corrected chi connectivity index (χ2v) is 3.62. The third kappa shape index (κ3) is 1.41. The standard InChI is InChI=1S/C10H12N2O/c1-6-5-8(6)9(13)7-3-2-4-12-10(7)11/h2-4,6,8H,5H2,1H3,(H2,11,12). The van der Waals surface area contributed by atoms with Crippen molar-refractivity contribution >= 4 is 11.6 Å². The lowest BCUT2D eigenvalue weighted by Crippen LogP contribution is -2.07. The Kier molecular flexibility index (Phi) is 1.79. The first-order valence-corrected chi connectivity index (χ1v) is 4.45. The van der Waals surface area contributed by atoms with Crippen molar-refractivity contribution in [2.75, 3.05) is 5.73 Å². The molecular weight excluding hydrogens is 164 g/mol. The van der Waals surface area contributed by atoms with E-state index >= 15 is 0 Å². The van der Waals surface area contributed by atoms with Gasteiger partial charge >= 0.3 is 0 Å². The fourth-order valence-corrected chi connectivity index (χ4v) is 1.51. The zero-order valence-corrected chi connectivity index (χ0v) is 7.53. The number of hydrogen-bond acceptors (Lipinski definition) is 3.